The summed E-state index contributed by atoms with van der Waals surface area (Å²) in [5.74, 6) is -1.27. The fourth-order valence-corrected chi connectivity index (χ4v) is 3.41. The van der Waals surface area contributed by atoms with Crippen molar-refractivity contribution in [2.45, 2.75) is 20.8 Å². The number of carbonyl (C=O) groups is 3. The van der Waals surface area contributed by atoms with Crippen molar-refractivity contribution in [1.29, 1.82) is 0 Å². The molecule has 3 aromatic rings. The number of aryl methyl sites for hydroxylation is 2. The van der Waals surface area contributed by atoms with Gasteiger partial charge in [0, 0.05) is 5.56 Å². The molecule has 1 aromatic carbocycles. The van der Waals surface area contributed by atoms with Crippen molar-refractivity contribution in [1.82, 2.24) is 20.8 Å². The van der Waals surface area contributed by atoms with Crippen molar-refractivity contribution in [3.05, 3.63) is 58.4 Å². The quantitative estimate of drug-likeness (QED) is 0.548. The number of aromatic nitrogens is 2. The van der Waals surface area contributed by atoms with Crippen molar-refractivity contribution in [3.63, 3.8) is 0 Å². The summed E-state index contributed by atoms with van der Waals surface area (Å²) in [5, 5.41) is 9.36. The summed E-state index contributed by atoms with van der Waals surface area (Å²) in [7, 11) is 0. The molecular formula is C23H22N4O6. The average Bonchev–Trinajstić information content (AvgIpc) is 3.18. The van der Waals surface area contributed by atoms with Crippen LogP contribution in [0.4, 0.5) is 4.79 Å². The standard InChI is InChI=1S/C23H22N4O6/c1-4-31-22(29)16-10-24-23(30)26-18(16)11-32-21(28)15-9-17(14-7-5-12(2)6-8-14)25-20-19(15)13(3)27-33-20/h5-9H,4,10-11H2,1-3H3,(H2,24,26,30). The molecule has 170 valence electrons. The van der Waals surface area contributed by atoms with Crippen LogP contribution in [-0.4, -0.2) is 47.9 Å². The fraction of sp³-hybridized carbons (Fsp3) is 0.261. The molecule has 0 atom stereocenters. The van der Waals surface area contributed by atoms with Crippen LogP contribution in [0.2, 0.25) is 0 Å². The molecule has 0 aliphatic carbocycles. The third-order valence-electron chi connectivity index (χ3n) is 5.11. The molecular weight excluding hydrogens is 428 g/mol. The molecule has 0 radical (unpaired) electrons. The van der Waals surface area contributed by atoms with Crippen LogP contribution in [0.5, 0.6) is 0 Å². The number of amides is 2. The number of pyridine rings is 1. The van der Waals surface area contributed by atoms with Crippen molar-refractivity contribution in [2.75, 3.05) is 19.8 Å². The molecule has 10 heteroatoms. The molecule has 0 unspecified atom stereocenters. The zero-order valence-electron chi connectivity index (χ0n) is 18.4. The third kappa shape index (κ3) is 4.54. The number of hydrogen-bond donors (Lipinski definition) is 2. The molecule has 0 bridgehead atoms. The van der Waals surface area contributed by atoms with Crippen molar-refractivity contribution in [3.8, 4) is 11.3 Å². The van der Waals surface area contributed by atoms with E-state index in [0.717, 1.165) is 11.1 Å². The van der Waals surface area contributed by atoms with E-state index in [4.69, 9.17) is 14.0 Å². The van der Waals surface area contributed by atoms with Gasteiger partial charge in [0.1, 0.15) is 6.61 Å². The van der Waals surface area contributed by atoms with Crippen LogP contribution < -0.4 is 10.6 Å². The highest BCUT2D eigenvalue weighted by Gasteiger charge is 2.26. The molecule has 3 heterocycles. The van der Waals surface area contributed by atoms with Gasteiger partial charge in [0.05, 0.1) is 46.8 Å². The zero-order chi connectivity index (χ0) is 23.5. The molecule has 10 nitrogen and oxygen atoms in total. The highest BCUT2D eigenvalue weighted by Crippen LogP contribution is 2.28. The molecule has 4 rings (SSSR count). The molecule has 0 spiro atoms. The summed E-state index contributed by atoms with van der Waals surface area (Å²) in [6, 6.07) is 8.77. The predicted molar refractivity (Wildman–Crippen MR) is 117 cm³/mol. The second kappa shape index (κ2) is 9.11. The van der Waals surface area contributed by atoms with Crippen LogP contribution in [0, 0.1) is 13.8 Å². The fourth-order valence-electron chi connectivity index (χ4n) is 3.41. The predicted octanol–water partition coefficient (Wildman–Crippen LogP) is 2.79. The lowest BCUT2D eigenvalue weighted by Gasteiger charge is -2.21. The molecule has 0 saturated heterocycles. The van der Waals surface area contributed by atoms with Crippen LogP contribution >= 0.6 is 0 Å². The second-order valence-corrected chi connectivity index (χ2v) is 7.43. The maximum atomic E-state index is 13.1. The van der Waals surface area contributed by atoms with Gasteiger partial charge in [-0.25, -0.2) is 19.4 Å². The summed E-state index contributed by atoms with van der Waals surface area (Å²) in [4.78, 5) is 41.5. The van der Waals surface area contributed by atoms with Gasteiger partial charge in [0.15, 0.2) is 0 Å². The Hall–Kier alpha value is -4.21. The number of carbonyl (C=O) groups excluding carboxylic acids is 3. The van der Waals surface area contributed by atoms with Gasteiger partial charge < -0.3 is 24.6 Å². The number of benzene rings is 1. The van der Waals surface area contributed by atoms with Gasteiger partial charge >= 0.3 is 18.0 Å². The molecule has 2 aromatic heterocycles. The van der Waals surface area contributed by atoms with E-state index in [1.54, 1.807) is 19.9 Å². The molecule has 1 aliphatic heterocycles. The smallest absolute Gasteiger partial charge is 0.339 e. The lowest BCUT2D eigenvalue weighted by molar-refractivity contribution is -0.138. The number of ether oxygens (including phenoxy) is 2. The average molecular weight is 450 g/mol. The van der Waals surface area contributed by atoms with Gasteiger partial charge in [-0.1, -0.05) is 35.0 Å². The van der Waals surface area contributed by atoms with Crippen molar-refractivity contribution >= 4 is 29.1 Å². The Bertz CT molecular complexity index is 1280. The second-order valence-electron chi connectivity index (χ2n) is 7.43. The number of urea groups is 1. The van der Waals surface area contributed by atoms with Crippen LogP contribution in [0.25, 0.3) is 22.4 Å². The Balaban J connectivity index is 1.66. The van der Waals surface area contributed by atoms with Crippen molar-refractivity contribution < 1.29 is 28.4 Å². The van der Waals surface area contributed by atoms with Crippen LogP contribution in [0.3, 0.4) is 0 Å². The van der Waals surface area contributed by atoms with Gasteiger partial charge in [-0.15, -0.1) is 0 Å². The van der Waals surface area contributed by atoms with Crippen LogP contribution in [0.1, 0.15) is 28.5 Å². The molecule has 33 heavy (non-hydrogen) atoms. The number of hydrogen-bond acceptors (Lipinski definition) is 8. The van der Waals surface area contributed by atoms with E-state index in [9.17, 15) is 14.4 Å². The summed E-state index contributed by atoms with van der Waals surface area (Å²) in [6.07, 6.45) is 0. The number of nitrogens with zero attached hydrogens (tertiary/aromatic N) is 2. The summed E-state index contributed by atoms with van der Waals surface area (Å²) < 4.78 is 15.8. The summed E-state index contributed by atoms with van der Waals surface area (Å²) >= 11 is 0. The maximum Gasteiger partial charge on any atom is 0.339 e. The molecule has 1 aliphatic rings. The van der Waals surface area contributed by atoms with Gasteiger partial charge in [-0.3, -0.25) is 0 Å². The molecule has 2 amide bonds. The Morgan fingerprint density at radius 2 is 1.88 bits per heavy atom. The maximum absolute atomic E-state index is 13.1. The van der Waals surface area contributed by atoms with Gasteiger partial charge in [0.25, 0.3) is 5.71 Å². The van der Waals surface area contributed by atoms with E-state index >= 15 is 0 Å². The Morgan fingerprint density at radius 3 is 2.61 bits per heavy atom. The lowest BCUT2D eigenvalue weighted by atomic mass is 10.0. The van der Waals surface area contributed by atoms with Crippen LogP contribution in [-0.2, 0) is 14.3 Å². The van der Waals surface area contributed by atoms with E-state index in [1.165, 1.54) is 0 Å². The highest BCUT2D eigenvalue weighted by molar-refractivity contribution is 6.04. The largest absolute Gasteiger partial charge is 0.463 e. The first-order chi connectivity index (χ1) is 15.9. The topological polar surface area (TPSA) is 133 Å². The SMILES string of the molecule is CCOC(=O)C1=C(COC(=O)c2cc(-c3ccc(C)cc3)nc3onc(C)c23)NC(=O)NC1. The van der Waals surface area contributed by atoms with E-state index in [2.05, 4.69) is 20.8 Å². The van der Waals surface area contributed by atoms with Crippen molar-refractivity contribution in [2.24, 2.45) is 0 Å². The monoisotopic (exact) mass is 450 g/mol. The Kier molecular flexibility index (Phi) is 6.07. The third-order valence-corrected chi connectivity index (χ3v) is 5.11. The highest BCUT2D eigenvalue weighted by atomic mass is 16.5. The first-order valence-corrected chi connectivity index (χ1v) is 10.3. The minimum absolute atomic E-state index is 0.0284. The first-order valence-electron chi connectivity index (χ1n) is 10.3. The number of rotatable bonds is 6. The lowest BCUT2D eigenvalue weighted by Crippen LogP contribution is -2.45. The first kappa shape index (κ1) is 22.0. The summed E-state index contributed by atoms with van der Waals surface area (Å²) in [5.41, 5.74) is 3.66. The molecule has 2 N–H and O–H groups in total. The zero-order valence-corrected chi connectivity index (χ0v) is 18.4. The Labute approximate surface area is 188 Å². The summed E-state index contributed by atoms with van der Waals surface area (Å²) in [6.45, 7) is 5.17. The molecule has 0 saturated carbocycles. The number of fused-ring (bicyclic) bond motifs is 1. The normalized spacial score (nSPS) is 13.5. The van der Waals surface area contributed by atoms with Crippen LogP contribution in [0.15, 0.2) is 46.1 Å². The van der Waals surface area contributed by atoms with E-state index in [1.807, 2.05) is 31.2 Å². The van der Waals surface area contributed by atoms with E-state index in [0.29, 0.717) is 16.8 Å². The minimum atomic E-state index is -0.675. The number of esters is 2. The minimum Gasteiger partial charge on any atom is -0.463 e. The van der Waals surface area contributed by atoms with Gasteiger partial charge in [0.2, 0.25) is 0 Å². The van der Waals surface area contributed by atoms with E-state index < -0.39 is 18.0 Å². The van der Waals surface area contributed by atoms with Gasteiger partial charge in [-0.05, 0) is 26.8 Å². The molecule has 0 fully saturated rings. The van der Waals surface area contributed by atoms with Gasteiger partial charge in [-0.2, -0.15) is 0 Å². The number of nitrogens with one attached hydrogen (secondary N) is 2. The van der Waals surface area contributed by atoms with E-state index in [-0.39, 0.29) is 42.3 Å². The Morgan fingerprint density at radius 1 is 1.12 bits per heavy atom.